The molecule has 0 bridgehead atoms. The molecule has 0 radical (unpaired) electrons. The second kappa shape index (κ2) is 5.81. The minimum Gasteiger partial charge on any atom is -0.497 e. The van der Waals surface area contributed by atoms with Gasteiger partial charge in [-0.3, -0.25) is 0 Å². The molecule has 0 spiro atoms. The van der Waals surface area contributed by atoms with Crippen LogP contribution >= 0.6 is 11.3 Å². The van der Waals surface area contributed by atoms with Gasteiger partial charge in [-0.05, 0) is 36.8 Å². The van der Waals surface area contributed by atoms with Gasteiger partial charge in [-0.25, -0.2) is 9.48 Å². The normalized spacial score (nSPS) is 11.0. The highest BCUT2D eigenvalue weighted by atomic mass is 32.1. The Morgan fingerprint density at radius 3 is 2.68 bits per heavy atom. The molecular formula is C16H16N2O3S. The monoisotopic (exact) mass is 316 g/mol. The van der Waals surface area contributed by atoms with Gasteiger partial charge in [-0.15, -0.1) is 11.3 Å². The van der Waals surface area contributed by atoms with E-state index in [0.29, 0.717) is 4.88 Å². The highest BCUT2D eigenvalue weighted by Gasteiger charge is 2.18. The summed E-state index contributed by atoms with van der Waals surface area (Å²) < 4.78 is 6.98. The van der Waals surface area contributed by atoms with Crippen molar-refractivity contribution in [3.05, 3.63) is 40.9 Å². The number of hydrogen-bond acceptors (Lipinski definition) is 4. The Kier molecular flexibility index (Phi) is 3.85. The summed E-state index contributed by atoms with van der Waals surface area (Å²) in [5.41, 5.74) is 1.84. The number of ether oxygens (including phenoxy) is 1. The van der Waals surface area contributed by atoms with Gasteiger partial charge in [0, 0.05) is 5.39 Å². The van der Waals surface area contributed by atoms with Crippen molar-refractivity contribution in [2.75, 3.05) is 7.11 Å². The first-order valence-corrected chi connectivity index (χ1v) is 7.85. The molecule has 22 heavy (non-hydrogen) atoms. The Balaban J connectivity index is 2.16. The van der Waals surface area contributed by atoms with Crippen molar-refractivity contribution in [1.82, 2.24) is 9.78 Å². The summed E-state index contributed by atoms with van der Waals surface area (Å²) in [6.45, 7) is 2.09. The first-order chi connectivity index (χ1) is 10.6. The predicted octanol–water partition coefficient (Wildman–Crippen LogP) is 3.75. The quantitative estimate of drug-likeness (QED) is 0.778. The van der Waals surface area contributed by atoms with E-state index in [0.717, 1.165) is 40.2 Å². The van der Waals surface area contributed by atoms with Gasteiger partial charge in [-0.2, -0.15) is 5.10 Å². The molecule has 0 unspecified atom stereocenters. The number of hydrogen-bond donors (Lipinski definition) is 1. The summed E-state index contributed by atoms with van der Waals surface area (Å²) in [4.78, 5) is 12.4. The fourth-order valence-electron chi connectivity index (χ4n) is 2.39. The van der Waals surface area contributed by atoms with Crippen LogP contribution in [0.4, 0.5) is 0 Å². The number of carboxylic acids is 1. The van der Waals surface area contributed by atoms with E-state index in [4.69, 9.17) is 4.74 Å². The molecule has 0 aliphatic rings. The molecule has 1 N–H and O–H groups in total. The third kappa shape index (κ3) is 2.46. The van der Waals surface area contributed by atoms with E-state index >= 15 is 0 Å². The fraction of sp³-hybridized carbons (Fsp3) is 0.250. The van der Waals surface area contributed by atoms with Crippen LogP contribution in [0.3, 0.4) is 0 Å². The maximum absolute atomic E-state index is 11.2. The van der Waals surface area contributed by atoms with Crippen molar-refractivity contribution in [2.45, 2.75) is 19.8 Å². The minimum atomic E-state index is -0.898. The van der Waals surface area contributed by atoms with E-state index in [-0.39, 0.29) is 0 Å². The van der Waals surface area contributed by atoms with E-state index < -0.39 is 5.97 Å². The number of thiophene rings is 1. The van der Waals surface area contributed by atoms with Crippen LogP contribution < -0.4 is 4.74 Å². The van der Waals surface area contributed by atoms with E-state index in [9.17, 15) is 9.90 Å². The predicted molar refractivity (Wildman–Crippen MR) is 86.5 cm³/mol. The first-order valence-electron chi connectivity index (χ1n) is 7.03. The molecule has 6 heteroatoms. The lowest BCUT2D eigenvalue weighted by Gasteiger charge is -2.04. The lowest BCUT2D eigenvalue weighted by atomic mass is 10.2. The van der Waals surface area contributed by atoms with Crippen molar-refractivity contribution in [3.63, 3.8) is 0 Å². The molecular weight excluding hydrogens is 300 g/mol. The number of nitrogens with zero attached hydrogens (tertiary/aromatic N) is 2. The van der Waals surface area contributed by atoms with E-state index in [1.165, 1.54) is 11.3 Å². The summed E-state index contributed by atoms with van der Waals surface area (Å²) in [5, 5.41) is 14.8. The third-order valence-corrected chi connectivity index (χ3v) is 4.55. The maximum atomic E-state index is 11.2. The molecule has 3 rings (SSSR count). The second-order valence-corrected chi connectivity index (χ2v) is 5.97. The average molecular weight is 316 g/mol. The highest BCUT2D eigenvalue weighted by Crippen LogP contribution is 2.31. The molecule has 0 saturated carbocycles. The van der Waals surface area contributed by atoms with Crippen molar-refractivity contribution >= 4 is 27.5 Å². The zero-order valence-corrected chi connectivity index (χ0v) is 13.2. The molecule has 0 atom stereocenters. The molecule has 0 fully saturated rings. The molecule has 5 nitrogen and oxygen atoms in total. The highest BCUT2D eigenvalue weighted by molar-refractivity contribution is 7.20. The molecule has 114 valence electrons. The van der Waals surface area contributed by atoms with Gasteiger partial charge in [0.15, 0.2) is 0 Å². The van der Waals surface area contributed by atoms with Crippen LogP contribution in [-0.2, 0) is 6.42 Å². The van der Waals surface area contributed by atoms with Gasteiger partial charge in [0.25, 0.3) is 0 Å². The number of carbonyl (C=O) groups is 1. The van der Waals surface area contributed by atoms with Crippen LogP contribution in [0, 0.1) is 0 Å². The number of rotatable bonds is 5. The summed E-state index contributed by atoms with van der Waals surface area (Å²) in [6, 6.07) is 9.30. The first kappa shape index (κ1) is 14.6. The van der Waals surface area contributed by atoms with E-state index in [2.05, 4.69) is 12.0 Å². The van der Waals surface area contributed by atoms with Gasteiger partial charge in [0.05, 0.1) is 18.5 Å². The Morgan fingerprint density at radius 2 is 2.09 bits per heavy atom. The molecule has 0 aliphatic carbocycles. The fourth-order valence-corrected chi connectivity index (χ4v) is 3.38. The number of fused-ring (bicyclic) bond motifs is 1. The van der Waals surface area contributed by atoms with E-state index in [1.54, 1.807) is 13.2 Å². The number of aromatic nitrogens is 2. The smallest absolute Gasteiger partial charge is 0.345 e. The van der Waals surface area contributed by atoms with Crippen molar-refractivity contribution < 1.29 is 14.6 Å². The Morgan fingerprint density at radius 1 is 1.36 bits per heavy atom. The van der Waals surface area contributed by atoms with Gasteiger partial charge in [-0.1, -0.05) is 13.3 Å². The minimum absolute atomic E-state index is 0.340. The van der Waals surface area contributed by atoms with Crippen molar-refractivity contribution in [3.8, 4) is 11.4 Å². The van der Waals surface area contributed by atoms with Crippen molar-refractivity contribution in [1.29, 1.82) is 0 Å². The molecule has 0 aliphatic heterocycles. The third-order valence-electron chi connectivity index (χ3n) is 3.45. The second-order valence-electron chi connectivity index (χ2n) is 4.94. The number of aryl methyl sites for hydroxylation is 1. The zero-order chi connectivity index (χ0) is 15.7. The molecule has 0 amide bonds. The summed E-state index contributed by atoms with van der Waals surface area (Å²) in [5.74, 6) is -0.122. The lowest BCUT2D eigenvalue weighted by molar-refractivity contribution is 0.0702. The lowest BCUT2D eigenvalue weighted by Crippen LogP contribution is -1.97. The largest absolute Gasteiger partial charge is 0.497 e. The van der Waals surface area contributed by atoms with Crippen molar-refractivity contribution in [2.24, 2.45) is 0 Å². The van der Waals surface area contributed by atoms with Gasteiger partial charge in [0.2, 0.25) is 0 Å². The number of carboxylic acid groups (broad SMARTS) is 1. The summed E-state index contributed by atoms with van der Waals surface area (Å²) in [7, 11) is 1.62. The van der Waals surface area contributed by atoms with Crippen LogP contribution in [-0.4, -0.2) is 28.0 Å². The van der Waals surface area contributed by atoms with Crippen LogP contribution in [0.1, 0.15) is 28.7 Å². The molecule has 1 aromatic carbocycles. The SMILES string of the molecule is CCCc1nn(-c2ccc(OC)cc2)c2sc(C(=O)O)cc12. The number of methoxy groups -OCH3 is 1. The number of benzene rings is 1. The van der Waals surface area contributed by atoms with Crippen LogP contribution in [0.25, 0.3) is 15.9 Å². The van der Waals surface area contributed by atoms with E-state index in [1.807, 2.05) is 28.9 Å². The molecule has 2 aromatic heterocycles. The summed E-state index contributed by atoms with van der Waals surface area (Å²) in [6.07, 6.45) is 1.79. The van der Waals surface area contributed by atoms with Crippen LogP contribution in [0.5, 0.6) is 5.75 Å². The Bertz CT molecular complexity index is 818. The van der Waals surface area contributed by atoms with Crippen LogP contribution in [0.15, 0.2) is 30.3 Å². The van der Waals surface area contributed by atoms with Gasteiger partial charge >= 0.3 is 5.97 Å². The molecule has 2 heterocycles. The molecule has 0 saturated heterocycles. The van der Waals surface area contributed by atoms with Gasteiger partial charge < -0.3 is 9.84 Å². The number of aromatic carboxylic acids is 1. The zero-order valence-electron chi connectivity index (χ0n) is 12.4. The Hall–Kier alpha value is -2.34. The van der Waals surface area contributed by atoms with Gasteiger partial charge in [0.1, 0.15) is 15.5 Å². The maximum Gasteiger partial charge on any atom is 0.345 e. The standard InChI is InChI=1S/C16H16N2O3S/c1-3-4-13-12-9-14(16(19)20)22-15(12)18(17-13)10-5-7-11(21-2)8-6-10/h5-9H,3-4H2,1-2H3,(H,19,20). The topological polar surface area (TPSA) is 64.4 Å². The molecule has 3 aromatic rings. The summed E-state index contributed by atoms with van der Waals surface area (Å²) >= 11 is 1.25. The van der Waals surface area contributed by atoms with Crippen LogP contribution in [0.2, 0.25) is 0 Å². The average Bonchev–Trinajstić information content (AvgIpc) is 3.08. The Labute approximate surface area is 131 Å².